The van der Waals surface area contributed by atoms with Gasteiger partial charge in [-0.1, -0.05) is 30.3 Å². The zero-order valence-electron chi connectivity index (χ0n) is 13.1. The second kappa shape index (κ2) is 6.77. The highest BCUT2D eigenvalue weighted by Crippen LogP contribution is 2.37. The molecule has 1 N–H and O–H groups in total. The Labute approximate surface area is 136 Å². The van der Waals surface area contributed by atoms with Crippen molar-refractivity contribution in [3.05, 3.63) is 54.4 Å². The molecule has 23 heavy (non-hydrogen) atoms. The predicted octanol–water partition coefficient (Wildman–Crippen LogP) is 2.78. The molecule has 3 rings (SSSR count). The fourth-order valence-corrected chi connectivity index (χ4v) is 3.19. The summed E-state index contributed by atoms with van der Waals surface area (Å²) in [6.45, 7) is 1.37. The van der Waals surface area contributed by atoms with Crippen LogP contribution in [0, 0.1) is 5.41 Å². The van der Waals surface area contributed by atoms with Gasteiger partial charge < -0.3 is 10.0 Å². The van der Waals surface area contributed by atoms with Crippen LogP contribution < -0.4 is 4.90 Å². The van der Waals surface area contributed by atoms with Gasteiger partial charge in [0.15, 0.2) is 0 Å². The van der Waals surface area contributed by atoms with E-state index >= 15 is 0 Å². The van der Waals surface area contributed by atoms with Crippen molar-refractivity contribution in [2.75, 3.05) is 18.0 Å². The number of carboxylic acid groups (broad SMARTS) is 1. The first-order valence-electron chi connectivity index (χ1n) is 7.99. The number of hydrogen-bond donors (Lipinski definition) is 1. The second-order valence-electron chi connectivity index (χ2n) is 6.11. The highest BCUT2D eigenvalue weighted by molar-refractivity contribution is 5.75. The van der Waals surface area contributed by atoms with Crippen molar-refractivity contribution < 1.29 is 9.90 Å². The molecule has 2 heterocycles. The quantitative estimate of drug-likeness (QED) is 0.919. The number of carbonyl (C=O) groups is 1. The largest absolute Gasteiger partial charge is 0.481 e. The molecule has 1 aromatic carbocycles. The minimum atomic E-state index is -0.679. The molecule has 5 heteroatoms. The summed E-state index contributed by atoms with van der Waals surface area (Å²) in [4.78, 5) is 22.5. The van der Waals surface area contributed by atoms with Crippen LogP contribution >= 0.6 is 0 Å². The maximum Gasteiger partial charge on any atom is 0.309 e. The molecule has 0 spiro atoms. The summed E-state index contributed by atoms with van der Waals surface area (Å²) < 4.78 is 0. The number of piperidine rings is 1. The molecule has 0 unspecified atom stereocenters. The van der Waals surface area contributed by atoms with E-state index in [0.29, 0.717) is 38.3 Å². The van der Waals surface area contributed by atoms with Crippen molar-refractivity contribution in [3.8, 4) is 0 Å². The molecule has 1 saturated heterocycles. The Kier molecular flexibility index (Phi) is 4.55. The van der Waals surface area contributed by atoms with E-state index in [1.165, 1.54) is 5.56 Å². The van der Waals surface area contributed by atoms with E-state index < -0.39 is 11.4 Å². The lowest BCUT2D eigenvalue weighted by molar-refractivity contribution is -0.150. The Hall–Kier alpha value is -2.43. The van der Waals surface area contributed by atoms with E-state index in [0.717, 1.165) is 6.42 Å². The summed E-state index contributed by atoms with van der Waals surface area (Å²) in [7, 11) is 0. The summed E-state index contributed by atoms with van der Waals surface area (Å²) in [5, 5.41) is 9.77. The Balaban J connectivity index is 1.65. The average molecular weight is 311 g/mol. The van der Waals surface area contributed by atoms with Crippen molar-refractivity contribution in [2.45, 2.75) is 25.7 Å². The standard InChI is InChI=1S/C18H21N3O2/c22-16(23)18(8-7-15-5-2-1-3-6-15)9-13-21(14-10-18)17-19-11-4-12-20-17/h1-6,11-12H,7-10,13-14H2,(H,22,23). The highest BCUT2D eigenvalue weighted by atomic mass is 16.4. The zero-order chi connectivity index (χ0) is 16.1. The van der Waals surface area contributed by atoms with Crippen molar-refractivity contribution in [3.63, 3.8) is 0 Å². The molecule has 0 radical (unpaired) electrons. The Morgan fingerprint density at radius 1 is 1.09 bits per heavy atom. The van der Waals surface area contributed by atoms with Crippen LogP contribution in [0.4, 0.5) is 5.95 Å². The second-order valence-corrected chi connectivity index (χ2v) is 6.11. The molecule has 0 amide bonds. The summed E-state index contributed by atoms with van der Waals surface area (Å²) in [5.74, 6) is 0.0107. The molecular weight excluding hydrogens is 290 g/mol. The summed E-state index contributed by atoms with van der Waals surface area (Å²) in [5.41, 5.74) is 0.558. The minimum absolute atomic E-state index is 0.632. The molecule has 0 atom stereocenters. The maximum atomic E-state index is 11.9. The molecule has 1 fully saturated rings. The number of carboxylic acids is 1. The van der Waals surface area contributed by atoms with Crippen molar-refractivity contribution in [2.24, 2.45) is 5.41 Å². The molecule has 5 nitrogen and oxygen atoms in total. The van der Waals surface area contributed by atoms with Gasteiger partial charge in [0, 0.05) is 25.5 Å². The topological polar surface area (TPSA) is 66.3 Å². The number of anilines is 1. The van der Waals surface area contributed by atoms with Gasteiger partial charge in [-0.3, -0.25) is 4.79 Å². The molecule has 1 aromatic heterocycles. The highest BCUT2D eigenvalue weighted by Gasteiger charge is 2.41. The first-order valence-corrected chi connectivity index (χ1v) is 7.99. The third-order valence-electron chi connectivity index (χ3n) is 4.74. The third kappa shape index (κ3) is 3.50. The summed E-state index contributed by atoms with van der Waals surface area (Å²) in [6.07, 6.45) is 6.18. The number of aryl methyl sites for hydroxylation is 1. The summed E-state index contributed by atoms with van der Waals surface area (Å²) >= 11 is 0. The lowest BCUT2D eigenvalue weighted by Gasteiger charge is -2.39. The molecule has 2 aromatic rings. The number of hydrogen-bond acceptors (Lipinski definition) is 4. The van der Waals surface area contributed by atoms with Crippen LogP contribution in [-0.4, -0.2) is 34.1 Å². The molecular formula is C18H21N3O2. The number of aliphatic carboxylic acids is 1. The van der Waals surface area contributed by atoms with Crippen molar-refractivity contribution in [1.29, 1.82) is 0 Å². The van der Waals surface area contributed by atoms with Gasteiger partial charge in [-0.15, -0.1) is 0 Å². The number of aromatic nitrogens is 2. The Morgan fingerprint density at radius 3 is 2.35 bits per heavy atom. The van der Waals surface area contributed by atoms with Crippen LogP contribution in [0.5, 0.6) is 0 Å². The minimum Gasteiger partial charge on any atom is -0.481 e. The van der Waals surface area contributed by atoms with E-state index in [-0.39, 0.29) is 0 Å². The fraction of sp³-hybridized carbons (Fsp3) is 0.389. The Bertz CT molecular complexity index is 638. The molecule has 0 saturated carbocycles. The van der Waals surface area contributed by atoms with Gasteiger partial charge in [0.25, 0.3) is 0 Å². The van der Waals surface area contributed by atoms with Crippen LogP contribution in [0.25, 0.3) is 0 Å². The van der Waals surface area contributed by atoms with Gasteiger partial charge in [-0.25, -0.2) is 9.97 Å². The van der Waals surface area contributed by atoms with Crippen molar-refractivity contribution in [1.82, 2.24) is 9.97 Å². The molecule has 0 aliphatic carbocycles. The fourth-order valence-electron chi connectivity index (χ4n) is 3.19. The third-order valence-corrected chi connectivity index (χ3v) is 4.74. The SMILES string of the molecule is O=C(O)C1(CCc2ccccc2)CCN(c2ncccn2)CC1. The van der Waals surface area contributed by atoms with Gasteiger partial charge in [-0.05, 0) is 37.3 Å². The van der Waals surface area contributed by atoms with Gasteiger partial charge in [0.1, 0.15) is 0 Å². The van der Waals surface area contributed by atoms with Crippen LogP contribution in [-0.2, 0) is 11.2 Å². The maximum absolute atomic E-state index is 11.9. The van der Waals surface area contributed by atoms with E-state index in [2.05, 4.69) is 27.0 Å². The normalized spacial score (nSPS) is 17.0. The zero-order valence-corrected chi connectivity index (χ0v) is 13.1. The van der Waals surface area contributed by atoms with E-state index in [1.54, 1.807) is 18.5 Å². The first-order chi connectivity index (χ1) is 11.2. The van der Waals surface area contributed by atoms with Crippen molar-refractivity contribution >= 4 is 11.9 Å². The molecule has 120 valence electrons. The van der Waals surface area contributed by atoms with E-state index in [4.69, 9.17) is 0 Å². The van der Waals surface area contributed by atoms with Gasteiger partial charge in [0.2, 0.25) is 5.95 Å². The number of benzene rings is 1. The monoisotopic (exact) mass is 311 g/mol. The summed E-state index contributed by atoms with van der Waals surface area (Å²) in [6, 6.07) is 11.9. The molecule has 1 aliphatic rings. The number of rotatable bonds is 5. The van der Waals surface area contributed by atoms with E-state index in [9.17, 15) is 9.90 Å². The van der Waals surface area contributed by atoms with Crippen LogP contribution in [0.3, 0.4) is 0 Å². The molecule has 0 bridgehead atoms. The lowest BCUT2D eigenvalue weighted by atomic mass is 9.74. The van der Waals surface area contributed by atoms with Crippen LogP contribution in [0.1, 0.15) is 24.8 Å². The van der Waals surface area contributed by atoms with E-state index in [1.807, 2.05) is 18.2 Å². The van der Waals surface area contributed by atoms with Gasteiger partial charge in [0.05, 0.1) is 5.41 Å². The van der Waals surface area contributed by atoms with Gasteiger partial charge in [-0.2, -0.15) is 0 Å². The lowest BCUT2D eigenvalue weighted by Crippen LogP contribution is -2.45. The smallest absolute Gasteiger partial charge is 0.309 e. The molecule has 1 aliphatic heterocycles. The van der Waals surface area contributed by atoms with Crippen LogP contribution in [0.15, 0.2) is 48.8 Å². The van der Waals surface area contributed by atoms with Gasteiger partial charge >= 0.3 is 5.97 Å². The first kappa shape index (κ1) is 15.5. The number of nitrogens with zero attached hydrogens (tertiary/aromatic N) is 3. The van der Waals surface area contributed by atoms with Crippen LogP contribution in [0.2, 0.25) is 0 Å². The average Bonchev–Trinajstić information content (AvgIpc) is 2.62. The Morgan fingerprint density at radius 2 is 1.74 bits per heavy atom. The predicted molar refractivity (Wildman–Crippen MR) is 88.3 cm³/mol.